The van der Waals surface area contributed by atoms with Crippen molar-refractivity contribution in [2.24, 2.45) is 5.92 Å². The second kappa shape index (κ2) is 10.2. The Morgan fingerprint density at radius 2 is 1.81 bits per heavy atom. The molecule has 1 N–H and O–H groups in total. The molecular weight excluding hydrogens is 459 g/mol. The Kier molecular flexibility index (Phi) is 7.86. The quantitative estimate of drug-likeness (QED) is 0.630. The molecule has 0 spiro atoms. The molecular formula is C22H26Cl2N2O4S. The Hall–Kier alpha value is -1.80. The molecule has 1 heterocycles. The predicted molar refractivity (Wildman–Crippen MR) is 123 cm³/mol. The van der Waals surface area contributed by atoms with Crippen molar-refractivity contribution in [3.8, 4) is 5.75 Å². The Bertz CT molecular complexity index is 1020. The Morgan fingerprint density at radius 3 is 2.39 bits per heavy atom. The van der Waals surface area contributed by atoms with E-state index >= 15 is 0 Å². The van der Waals surface area contributed by atoms with E-state index in [0.717, 1.165) is 11.3 Å². The predicted octanol–water partition coefficient (Wildman–Crippen LogP) is 4.42. The van der Waals surface area contributed by atoms with Crippen molar-refractivity contribution >= 4 is 39.1 Å². The molecule has 1 aliphatic rings. The molecule has 0 bridgehead atoms. The molecule has 0 saturated carbocycles. The van der Waals surface area contributed by atoms with E-state index in [1.165, 1.54) is 10.4 Å². The van der Waals surface area contributed by atoms with E-state index in [1.54, 1.807) is 19.2 Å². The number of carbonyl (C=O) groups is 1. The van der Waals surface area contributed by atoms with Crippen LogP contribution in [0, 0.1) is 5.92 Å². The van der Waals surface area contributed by atoms with Crippen molar-refractivity contribution in [3.63, 3.8) is 0 Å². The number of rotatable bonds is 7. The summed E-state index contributed by atoms with van der Waals surface area (Å²) < 4.78 is 32.2. The second-order valence-electron chi connectivity index (χ2n) is 7.67. The third-order valence-electron chi connectivity index (χ3n) is 5.55. The fourth-order valence-electron chi connectivity index (χ4n) is 3.63. The third kappa shape index (κ3) is 6.13. The summed E-state index contributed by atoms with van der Waals surface area (Å²) in [6, 6.07) is 12.2. The van der Waals surface area contributed by atoms with Gasteiger partial charge in [-0.1, -0.05) is 41.4 Å². The van der Waals surface area contributed by atoms with Gasteiger partial charge in [-0.25, -0.2) is 12.7 Å². The van der Waals surface area contributed by atoms with E-state index in [4.69, 9.17) is 27.9 Å². The molecule has 0 radical (unpaired) electrons. The molecule has 1 saturated heterocycles. The number of nitrogens with one attached hydrogen (secondary N) is 1. The zero-order chi connectivity index (χ0) is 22.6. The van der Waals surface area contributed by atoms with Crippen LogP contribution in [0.15, 0.2) is 42.5 Å². The van der Waals surface area contributed by atoms with Crippen LogP contribution in [-0.4, -0.2) is 38.8 Å². The van der Waals surface area contributed by atoms with Crippen molar-refractivity contribution in [3.05, 3.63) is 63.6 Å². The lowest BCUT2D eigenvalue weighted by molar-refractivity contribution is -0.126. The van der Waals surface area contributed by atoms with E-state index in [2.05, 4.69) is 5.32 Å². The minimum absolute atomic E-state index is 0.0545. The Labute approximate surface area is 193 Å². The van der Waals surface area contributed by atoms with Gasteiger partial charge in [0.2, 0.25) is 15.9 Å². The van der Waals surface area contributed by atoms with Crippen LogP contribution < -0.4 is 10.1 Å². The van der Waals surface area contributed by atoms with E-state index in [9.17, 15) is 13.2 Å². The maximum atomic E-state index is 12.8. The topological polar surface area (TPSA) is 75.7 Å². The summed E-state index contributed by atoms with van der Waals surface area (Å²) >= 11 is 12.0. The number of halogens is 2. The zero-order valence-corrected chi connectivity index (χ0v) is 19.8. The SMILES string of the molecule is COc1ccc(C(C)NC(=O)C2CCN(S(=O)(=O)Cc3ccc(Cl)cc3Cl)CC2)cc1. The zero-order valence-electron chi connectivity index (χ0n) is 17.5. The van der Waals surface area contributed by atoms with E-state index in [0.29, 0.717) is 41.5 Å². The van der Waals surface area contributed by atoms with Crippen LogP contribution >= 0.6 is 23.2 Å². The molecule has 1 aliphatic heterocycles. The van der Waals surface area contributed by atoms with Gasteiger partial charge in [0, 0.05) is 29.1 Å². The van der Waals surface area contributed by atoms with Gasteiger partial charge in [-0.15, -0.1) is 0 Å². The largest absolute Gasteiger partial charge is 0.497 e. The molecule has 1 fully saturated rings. The molecule has 1 atom stereocenters. The summed E-state index contributed by atoms with van der Waals surface area (Å²) in [6.07, 6.45) is 0.962. The van der Waals surface area contributed by atoms with E-state index in [-0.39, 0.29) is 23.6 Å². The third-order valence-corrected chi connectivity index (χ3v) is 7.96. The second-order valence-corrected chi connectivity index (χ2v) is 10.5. The van der Waals surface area contributed by atoms with Crippen molar-refractivity contribution in [2.75, 3.05) is 20.2 Å². The maximum Gasteiger partial charge on any atom is 0.223 e. The van der Waals surface area contributed by atoms with Gasteiger partial charge < -0.3 is 10.1 Å². The van der Waals surface area contributed by atoms with Gasteiger partial charge in [-0.05, 0) is 55.2 Å². The van der Waals surface area contributed by atoms with Gasteiger partial charge in [0.25, 0.3) is 0 Å². The first-order chi connectivity index (χ1) is 14.7. The molecule has 2 aromatic carbocycles. The standard InChI is InChI=1S/C22H26Cl2N2O4S/c1-15(16-4-7-20(30-2)8-5-16)25-22(27)17-9-11-26(12-10-17)31(28,29)14-18-3-6-19(23)13-21(18)24/h3-8,13,15,17H,9-12,14H2,1-2H3,(H,25,27). The van der Waals surface area contributed by atoms with Gasteiger partial charge in [-0.2, -0.15) is 0 Å². The van der Waals surface area contributed by atoms with Crippen LogP contribution in [-0.2, 0) is 20.6 Å². The fourth-order valence-corrected chi connectivity index (χ4v) is 5.78. The first-order valence-electron chi connectivity index (χ1n) is 10.1. The number of ether oxygens (including phenoxy) is 1. The van der Waals surface area contributed by atoms with Crippen molar-refractivity contribution < 1.29 is 17.9 Å². The minimum Gasteiger partial charge on any atom is -0.497 e. The summed E-state index contributed by atoms with van der Waals surface area (Å²) in [5.41, 5.74) is 1.49. The number of nitrogens with zero attached hydrogens (tertiary/aromatic N) is 1. The van der Waals surface area contributed by atoms with Crippen molar-refractivity contribution in [1.82, 2.24) is 9.62 Å². The van der Waals surface area contributed by atoms with Gasteiger partial charge in [0.1, 0.15) is 5.75 Å². The molecule has 1 unspecified atom stereocenters. The lowest BCUT2D eigenvalue weighted by Crippen LogP contribution is -2.43. The number of sulfonamides is 1. The average molecular weight is 485 g/mol. The summed E-state index contributed by atoms with van der Waals surface area (Å²) in [7, 11) is -1.92. The number of hydrogen-bond acceptors (Lipinski definition) is 4. The number of piperidine rings is 1. The number of hydrogen-bond donors (Lipinski definition) is 1. The number of methoxy groups -OCH3 is 1. The first kappa shape index (κ1) is 23.9. The average Bonchev–Trinajstić information content (AvgIpc) is 2.75. The molecule has 2 aromatic rings. The molecule has 6 nitrogen and oxygen atoms in total. The Balaban J connectivity index is 1.54. The summed E-state index contributed by atoms with van der Waals surface area (Å²) in [5, 5.41) is 3.82. The molecule has 0 aliphatic carbocycles. The monoisotopic (exact) mass is 484 g/mol. The maximum absolute atomic E-state index is 12.8. The molecule has 3 rings (SSSR count). The summed E-state index contributed by atoms with van der Waals surface area (Å²) in [5.74, 6) is 0.303. The smallest absolute Gasteiger partial charge is 0.223 e. The van der Waals surface area contributed by atoms with Crippen LogP contribution in [0.3, 0.4) is 0 Å². The fraction of sp³-hybridized carbons (Fsp3) is 0.409. The van der Waals surface area contributed by atoms with Crippen LogP contribution in [0.5, 0.6) is 5.75 Å². The molecule has 168 valence electrons. The van der Waals surface area contributed by atoms with Gasteiger partial charge >= 0.3 is 0 Å². The van der Waals surface area contributed by atoms with Crippen LogP contribution in [0.1, 0.15) is 36.9 Å². The summed E-state index contributed by atoms with van der Waals surface area (Å²) in [4.78, 5) is 12.7. The van der Waals surface area contributed by atoms with Crippen LogP contribution in [0.25, 0.3) is 0 Å². The van der Waals surface area contributed by atoms with Gasteiger partial charge in [0.05, 0.1) is 18.9 Å². The Morgan fingerprint density at radius 1 is 1.16 bits per heavy atom. The van der Waals surface area contributed by atoms with E-state index in [1.807, 2.05) is 31.2 Å². The van der Waals surface area contributed by atoms with E-state index < -0.39 is 10.0 Å². The van der Waals surface area contributed by atoms with Crippen molar-refractivity contribution in [1.29, 1.82) is 0 Å². The molecule has 0 aromatic heterocycles. The number of carbonyl (C=O) groups excluding carboxylic acids is 1. The van der Waals surface area contributed by atoms with Crippen molar-refractivity contribution in [2.45, 2.75) is 31.6 Å². The highest BCUT2D eigenvalue weighted by molar-refractivity contribution is 7.88. The van der Waals surface area contributed by atoms with Gasteiger partial charge in [-0.3, -0.25) is 4.79 Å². The highest BCUT2D eigenvalue weighted by atomic mass is 35.5. The normalized spacial score (nSPS) is 16.6. The molecule has 1 amide bonds. The van der Waals surface area contributed by atoms with Crippen LogP contribution in [0.2, 0.25) is 10.0 Å². The minimum atomic E-state index is -3.53. The number of benzene rings is 2. The molecule has 31 heavy (non-hydrogen) atoms. The van der Waals surface area contributed by atoms with Gasteiger partial charge in [0.15, 0.2) is 0 Å². The molecule has 9 heteroatoms. The lowest BCUT2D eigenvalue weighted by Gasteiger charge is -2.31. The first-order valence-corrected chi connectivity index (χ1v) is 12.4. The summed E-state index contributed by atoms with van der Waals surface area (Å²) in [6.45, 7) is 2.54. The highest BCUT2D eigenvalue weighted by Gasteiger charge is 2.32. The highest BCUT2D eigenvalue weighted by Crippen LogP contribution is 2.27. The lowest BCUT2D eigenvalue weighted by atomic mass is 9.96. The van der Waals surface area contributed by atoms with Crippen LogP contribution in [0.4, 0.5) is 0 Å². The number of amides is 1.